The van der Waals surface area contributed by atoms with Crippen LogP contribution in [-0.4, -0.2) is 4.98 Å². The predicted octanol–water partition coefficient (Wildman–Crippen LogP) is 2.99. The van der Waals surface area contributed by atoms with Gasteiger partial charge in [-0.05, 0) is 36.4 Å². The van der Waals surface area contributed by atoms with Crippen molar-refractivity contribution < 1.29 is 8.81 Å². The number of hydrogen-bond donors (Lipinski definition) is 0. The molecule has 0 spiro atoms. The van der Waals surface area contributed by atoms with E-state index >= 15 is 0 Å². The maximum Gasteiger partial charge on any atom is 0.211 e. The van der Waals surface area contributed by atoms with Crippen LogP contribution >= 0.6 is 0 Å². The normalized spacial score (nSPS) is 10.7. The van der Waals surface area contributed by atoms with Gasteiger partial charge in [-0.3, -0.25) is 4.79 Å². The molecule has 88 valence electrons. The minimum absolute atomic E-state index is 0.212. The molecule has 3 nitrogen and oxygen atoms in total. The molecule has 0 radical (unpaired) electrons. The van der Waals surface area contributed by atoms with Crippen molar-refractivity contribution in [3.8, 4) is 11.3 Å². The second-order valence-corrected chi connectivity index (χ2v) is 3.83. The van der Waals surface area contributed by atoms with Crippen LogP contribution in [0, 0.1) is 5.82 Å². The molecule has 0 aliphatic heterocycles. The van der Waals surface area contributed by atoms with E-state index in [0.717, 1.165) is 0 Å². The lowest BCUT2D eigenvalue weighted by atomic mass is 10.1. The molecule has 0 saturated heterocycles. The number of halogens is 1. The van der Waals surface area contributed by atoms with E-state index in [-0.39, 0.29) is 11.2 Å². The third kappa shape index (κ3) is 1.78. The third-order valence-electron chi connectivity index (χ3n) is 2.61. The Morgan fingerprint density at radius 3 is 2.67 bits per heavy atom. The average Bonchev–Trinajstić information content (AvgIpc) is 2.39. The van der Waals surface area contributed by atoms with Crippen molar-refractivity contribution in [1.82, 2.24) is 4.98 Å². The fraction of sp³-hybridized carbons (Fsp3) is 0. The Morgan fingerprint density at radius 1 is 1.11 bits per heavy atom. The van der Waals surface area contributed by atoms with Gasteiger partial charge in [-0.2, -0.15) is 0 Å². The van der Waals surface area contributed by atoms with Gasteiger partial charge in [-0.25, -0.2) is 9.37 Å². The zero-order chi connectivity index (χ0) is 12.5. The van der Waals surface area contributed by atoms with Crippen molar-refractivity contribution in [3.05, 3.63) is 64.7 Å². The predicted molar refractivity (Wildman–Crippen MR) is 65.7 cm³/mol. The summed E-state index contributed by atoms with van der Waals surface area (Å²) in [5.41, 5.74) is 1.16. The van der Waals surface area contributed by atoms with Crippen molar-refractivity contribution in [1.29, 1.82) is 0 Å². The molecule has 0 unspecified atom stereocenters. The Morgan fingerprint density at radius 2 is 1.89 bits per heavy atom. The summed E-state index contributed by atoms with van der Waals surface area (Å²) in [6.45, 7) is 0. The average molecular weight is 241 g/mol. The number of nitrogens with zero attached hydrogens (tertiary/aromatic N) is 1. The first-order valence-corrected chi connectivity index (χ1v) is 5.39. The first kappa shape index (κ1) is 10.7. The van der Waals surface area contributed by atoms with Crippen LogP contribution in [0.15, 0.2) is 57.9 Å². The van der Waals surface area contributed by atoms with E-state index < -0.39 is 0 Å². The van der Waals surface area contributed by atoms with E-state index in [0.29, 0.717) is 22.4 Å². The number of aromatic nitrogens is 1. The van der Waals surface area contributed by atoms with Crippen molar-refractivity contribution in [2.75, 3.05) is 0 Å². The van der Waals surface area contributed by atoms with Gasteiger partial charge in [0.2, 0.25) is 5.43 Å². The summed E-state index contributed by atoms with van der Waals surface area (Å²) in [6.07, 6.45) is 1.54. The summed E-state index contributed by atoms with van der Waals surface area (Å²) in [6, 6.07) is 10.5. The minimum Gasteiger partial charge on any atom is -0.454 e. The molecular formula is C14H8FNO2. The highest BCUT2D eigenvalue weighted by Gasteiger charge is 2.07. The summed E-state index contributed by atoms with van der Waals surface area (Å²) >= 11 is 0. The lowest BCUT2D eigenvalue weighted by molar-refractivity contribution is 0.614. The Bertz CT molecular complexity index is 763. The lowest BCUT2D eigenvalue weighted by Gasteiger charge is -2.02. The molecule has 3 rings (SSSR count). The Kier molecular flexibility index (Phi) is 2.41. The van der Waals surface area contributed by atoms with Gasteiger partial charge in [0, 0.05) is 17.8 Å². The van der Waals surface area contributed by atoms with Crippen LogP contribution in [0.3, 0.4) is 0 Å². The summed E-state index contributed by atoms with van der Waals surface area (Å²) in [5, 5.41) is 0. The maximum absolute atomic E-state index is 12.8. The summed E-state index contributed by atoms with van der Waals surface area (Å²) in [4.78, 5) is 15.8. The molecule has 2 heterocycles. The van der Waals surface area contributed by atoms with Crippen LogP contribution in [0.25, 0.3) is 22.4 Å². The molecule has 0 atom stereocenters. The highest BCUT2D eigenvalue weighted by Crippen LogP contribution is 2.21. The maximum atomic E-state index is 12.8. The van der Waals surface area contributed by atoms with Gasteiger partial charge in [-0.15, -0.1) is 0 Å². The largest absolute Gasteiger partial charge is 0.454 e. The van der Waals surface area contributed by atoms with Gasteiger partial charge in [0.05, 0.1) is 0 Å². The van der Waals surface area contributed by atoms with Gasteiger partial charge in [0.25, 0.3) is 0 Å². The van der Waals surface area contributed by atoms with Crippen molar-refractivity contribution in [3.63, 3.8) is 0 Å². The first-order chi connectivity index (χ1) is 8.74. The number of benzene rings is 1. The second-order valence-electron chi connectivity index (χ2n) is 3.83. The van der Waals surface area contributed by atoms with E-state index in [9.17, 15) is 9.18 Å². The monoisotopic (exact) mass is 241 g/mol. The quantitative estimate of drug-likeness (QED) is 0.657. The van der Waals surface area contributed by atoms with Crippen LogP contribution in [0.1, 0.15) is 0 Å². The first-order valence-electron chi connectivity index (χ1n) is 5.39. The fourth-order valence-electron chi connectivity index (χ4n) is 1.75. The van der Waals surface area contributed by atoms with Crippen molar-refractivity contribution >= 4 is 11.1 Å². The van der Waals surface area contributed by atoms with Crippen LogP contribution < -0.4 is 5.43 Å². The topological polar surface area (TPSA) is 43.1 Å². The van der Waals surface area contributed by atoms with Crippen LogP contribution in [0.4, 0.5) is 4.39 Å². The molecule has 0 fully saturated rings. The number of fused-ring (bicyclic) bond motifs is 1. The molecule has 0 aliphatic rings. The zero-order valence-corrected chi connectivity index (χ0v) is 9.26. The van der Waals surface area contributed by atoms with Crippen LogP contribution in [0.2, 0.25) is 0 Å². The van der Waals surface area contributed by atoms with Crippen LogP contribution in [0.5, 0.6) is 0 Å². The lowest BCUT2D eigenvalue weighted by Crippen LogP contribution is -2.02. The Hall–Kier alpha value is -2.49. The van der Waals surface area contributed by atoms with E-state index in [2.05, 4.69) is 4.98 Å². The summed E-state index contributed by atoms with van der Waals surface area (Å²) in [5.74, 6) is 0.0732. The molecule has 4 heteroatoms. The van der Waals surface area contributed by atoms with E-state index in [1.54, 1.807) is 24.3 Å². The van der Waals surface area contributed by atoms with Gasteiger partial charge in [0.15, 0.2) is 11.1 Å². The van der Waals surface area contributed by atoms with Crippen LogP contribution in [-0.2, 0) is 0 Å². The van der Waals surface area contributed by atoms with Gasteiger partial charge < -0.3 is 4.42 Å². The highest BCUT2D eigenvalue weighted by molar-refractivity contribution is 5.74. The molecule has 3 aromatic rings. The number of pyridine rings is 1. The van der Waals surface area contributed by atoms with Gasteiger partial charge >= 0.3 is 0 Å². The minimum atomic E-state index is -0.330. The van der Waals surface area contributed by atoms with E-state index in [4.69, 9.17) is 4.42 Å². The molecule has 18 heavy (non-hydrogen) atoms. The molecule has 0 amide bonds. The van der Waals surface area contributed by atoms with E-state index in [1.807, 2.05) is 0 Å². The summed E-state index contributed by atoms with van der Waals surface area (Å²) in [7, 11) is 0. The van der Waals surface area contributed by atoms with E-state index in [1.165, 1.54) is 24.4 Å². The molecule has 2 aromatic heterocycles. The van der Waals surface area contributed by atoms with Gasteiger partial charge in [-0.1, -0.05) is 0 Å². The molecule has 0 bridgehead atoms. The molecule has 0 N–H and O–H groups in total. The fourth-order valence-corrected chi connectivity index (χ4v) is 1.75. The van der Waals surface area contributed by atoms with Crippen molar-refractivity contribution in [2.45, 2.75) is 0 Å². The zero-order valence-electron chi connectivity index (χ0n) is 9.26. The Labute approximate surface area is 102 Å². The standard InChI is InChI=1S/C14H8FNO2/c15-10-5-3-9(4-6-10)13-8-11(17)14-12(18-13)2-1-7-16-14/h1-8H. The molecule has 1 aromatic carbocycles. The highest BCUT2D eigenvalue weighted by atomic mass is 19.1. The summed E-state index contributed by atoms with van der Waals surface area (Å²) < 4.78 is 18.4. The third-order valence-corrected chi connectivity index (χ3v) is 2.61. The second kappa shape index (κ2) is 4.07. The SMILES string of the molecule is O=c1cc(-c2ccc(F)cc2)oc2cccnc12. The Balaban J connectivity index is 2.24. The van der Waals surface area contributed by atoms with Gasteiger partial charge in [0.1, 0.15) is 11.6 Å². The number of hydrogen-bond acceptors (Lipinski definition) is 3. The molecule has 0 saturated carbocycles. The molecule has 0 aliphatic carbocycles. The smallest absolute Gasteiger partial charge is 0.211 e. The van der Waals surface area contributed by atoms with Crippen molar-refractivity contribution in [2.24, 2.45) is 0 Å². The molecular weight excluding hydrogens is 233 g/mol. The number of rotatable bonds is 1.